The highest BCUT2D eigenvalue weighted by molar-refractivity contribution is 5.93. The minimum atomic E-state index is -0.114. The Morgan fingerprint density at radius 1 is 0.771 bits per heavy atom. The van der Waals surface area contributed by atoms with E-state index in [-0.39, 0.29) is 11.8 Å². The molecule has 0 aliphatic rings. The largest absolute Gasteiger partial charge is 0.356 e. The number of pyridine rings is 1. The second-order valence-corrected chi connectivity index (χ2v) is 8.15. The summed E-state index contributed by atoms with van der Waals surface area (Å²) in [6.07, 6.45) is 34.1. The first-order valence-corrected chi connectivity index (χ1v) is 12.9. The first-order chi connectivity index (χ1) is 17.2. The van der Waals surface area contributed by atoms with Gasteiger partial charge in [0.05, 0.1) is 5.56 Å². The molecule has 0 bridgehead atoms. The van der Waals surface area contributed by atoms with Crippen molar-refractivity contribution in [1.29, 1.82) is 0 Å². The highest BCUT2D eigenvalue weighted by Crippen LogP contribution is 2.00. The van der Waals surface area contributed by atoms with Crippen LogP contribution in [0.3, 0.4) is 0 Å². The SMILES string of the molecule is CC/C=C\C/C=C\C/C=C\C/C=C\C/C=C\CCCC(=O)NCCCCNC(=O)c1cccnc1. The van der Waals surface area contributed by atoms with E-state index in [2.05, 4.69) is 83.3 Å². The third kappa shape index (κ3) is 18.9. The van der Waals surface area contributed by atoms with Crippen LogP contribution in [0.25, 0.3) is 0 Å². The summed E-state index contributed by atoms with van der Waals surface area (Å²) in [6, 6.07) is 3.48. The molecular formula is C30H43N3O2. The standard InChI is InChI=1S/C30H43N3O2/c1-2-3-4-5-6-7-8-9-10-11-12-13-14-15-16-17-18-23-29(34)32-25-19-20-26-33-30(35)28-22-21-24-31-27-28/h3-4,6-7,9-10,12-13,15-16,21-22,24,27H,2,5,8,11,14,17-20,23,25-26H2,1H3,(H,32,34)(H,33,35)/b4-3-,7-6-,10-9-,13-12-,16-15-. The van der Waals surface area contributed by atoms with E-state index in [1.165, 1.54) is 0 Å². The average Bonchev–Trinajstić information content (AvgIpc) is 2.88. The second kappa shape index (κ2) is 22.6. The molecule has 0 radical (unpaired) electrons. The number of hydrogen-bond donors (Lipinski definition) is 2. The zero-order valence-corrected chi connectivity index (χ0v) is 21.3. The van der Waals surface area contributed by atoms with Gasteiger partial charge in [-0.3, -0.25) is 14.6 Å². The van der Waals surface area contributed by atoms with Gasteiger partial charge in [0, 0.05) is 31.9 Å². The van der Waals surface area contributed by atoms with E-state index >= 15 is 0 Å². The van der Waals surface area contributed by atoms with Crippen LogP contribution in [-0.4, -0.2) is 29.9 Å². The molecule has 1 heterocycles. The summed E-state index contributed by atoms with van der Waals surface area (Å²) in [5.41, 5.74) is 0.563. The average molecular weight is 478 g/mol. The molecule has 0 aliphatic carbocycles. The molecule has 0 saturated heterocycles. The minimum absolute atomic E-state index is 0.0942. The third-order valence-corrected chi connectivity index (χ3v) is 5.07. The van der Waals surface area contributed by atoms with E-state index < -0.39 is 0 Å². The maximum atomic E-state index is 11.9. The molecule has 0 saturated carbocycles. The number of nitrogens with zero attached hydrogens (tertiary/aromatic N) is 1. The Balaban J connectivity index is 1.91. The quantitative estimate of drug-likeness (QED) is 0.173. The number of nitrogens with one attached hydrogen (secondary N) is 2. The monoisotopic (exact) mass is 477 g/mol. The molecule has 5 nitrogen and oxygen atoms in total. The molecule has 2 N–H and O–H groups in total. The topological polar surface area (TPSA) is 71.1 Å². The van der Waals surface area contributed by atoms with Crippen molar-refractivity contribution in [2.24, 2.45) is 0 Å². The maximum Gasteiger partial charge on any atom is 0.252 e. The predicted octanol–water partition coefficient (Wildman–Crippen LogP) is 6.63. The number of aromatic nitrogens is 1. The van der Waals surface area contributed by atoms with Crippen molar-refractivity contribution >= 4 is 11.8 Å². The summed E-state index contributed by atoms with van der Waals surface area (Å²) in [5, 5.41) is 5.81. The zero-order valence-electron chi connectivity index (χ0n) is 21.3. The molecule has 0 aliphatic heterocycles. The molecule has 190 valence electrons. The summed E-state index contributed by atoms with van der Waals surface area (Å²) >= 11 is 0. The van der Waals surface area contributed by atoms with Crippen LogP contribution >= 0.6 is 0 Å². The summed E-state index contributed by atoms with van der Waals surface area (Å²) < 4.78 is 0. The first-order valence-electron chi connectivity index (χ1n) is 12.9. The van der Waals surface area contributed by atoms with E-state index in [1.807, 2.05) is 0 Å². The molecule has 5 heteroatoms. The Kier molecular flexibility index (Phi) is 19.2. The molecule has 0 spiro atoms. The number of unbranched alkanes of at least 4 members (excludes halogenated alkanes) is 2. The molecule has 1 aromatic heterocycles. The van der Waals surface area contributed by atoms with Gasteiger partial charge in [0.1, 0.15) is 0 Å². The van der Waals surface area contributed by atoms with Crippen LogP contribution in [0.1, 0.15) is 81.5 Å². The lowest BCUT2D eigenvalue weighted by molar-refractivity contribution is -0.121. The molecular weight excluding hydrogens is 434 g/mol. The van der Waals surface area contributed by atoms with Crippen molar-refractivity contribution in [3.8, 4) is 0 Å². The smallest absolute Gasteiger partial charge is 0.252 e. The molecule has 2 amide bonds. The summed E-state index contributed by atoms with van der Waals surface area (Å²) in [7, 11) is 0. The Morgan fingerprint density at radius 2 is 1.34 bits per heavy atom. The van der Waals surface area contributed by atoms with Gasteiger partial charge in [0.25, 0.3) is 5.91 Å². The van der Waals surface area contributed by atoms with Crippen LogP contribution in [0, 0.1) is 0 Å². The van der Waals surface area contributed by atoms with Crippen LogP contribution in [0.4, 0.5) is 0 Å². The van der Waals surface area contributed by atoms with Crippen molar-refractivity contribution in [2.45, 2.75) is 71.1 Å². The fraction of sp³-hybridized carbons (Fsp3) is 0.433. The molecule has 1 aromatic rings. The van der Waals surface area contributed by atoms with Crippen molar-refractivity contribution in [3.63, 3.8) is 0 Å². The lowest BCUT2D eigenvalue weighted by Crippen LogP contribution is -2.27. The molecule has 1 rings (SSSR count). The van der Waals surface area contributed by atoms with Gasteiger partial charge in [-0.15, -0.1) is 0 Å². The van der Waals surface area contributed by atoms with Gasteiger partial charge < -0.3 is 10.6 Å². The summed E-state index contributed by atoms with van der Waals surface area (Å²) in [5.74, 6) is -0.0195. The predicted molar refractivity (Wildman–Crippen MR) is 147 cm³/mol. The molecule has 35 heavy (non-hydrogen) atoms. The van der Waals surface area contributed by atoms with E-state index in [0.29, 0.717) is 25.1 Å². The fourth-order valence-corrected chi connectivity index (χ4v) is 3.12. The normalized spacial score (nSPS) is 12.0. The number of carbonyl (C=O) groups is 2. The second-order valence-electron chi connectivity index (χ2n) is 8.15. The Hall–Kier alpha value is -3.21. The number of allylic oxidation sites excluding steroid dienone is 10. The maximum absolute atomic E-state index is 11.9. The van der Waals surface area contributed by atoms with E-state index in [0.717, 1.165) is 57.8 Å². The van der Waals surface area contributed by atoms with Crippen molar-refractivity contribution in [3.05, 3.63) is 90.9 Å². The van der Waals surface area contributed by atoms with Crippen molar-refractivity contribution < 1.29 is 9.59 Å². The van der Waals surface area contributed by atoms with E-state index in [4.69, 9.17) is 0 Å². The number of rotatable bonds is 19. The van der Waals surface area contributed by atoms with Gasteiger partial charge in [0.2, 0.25) is 5.91 Å². The van der Waals surface area contributed by atoms with Gasteiger partial charge in [-0.25, -0.2) is 0 Å². The highest BCUT2D eigenvalue weighted by atomic mass is 16.2. The van der Waals surface area contributed by atoms with Crippen LogP contribution in [0.5, 0.6) is 0 Å². The van der Waals surface area contributed by atoms with Crippen LogP contribution in [-0.2, 0) is 4.79 Å². The molecule has 0 fully saturated rings. The Labute approximate surface area is 212 Å². The number of carbonyl (C=O) groups excluding carboxylic acids is 2. The molecule has 0 unspecified atom stereocenters. The van der Waals surface area contributed by atoms with E-state index in [1.54, 1.807) is 24.5 Å². The summed E-state index contributed by atoms with van der Waals surface area (Å²) in [6.45, 7) is 3.38. The Morgan fingerprint density at radius 3 is 1.91 bits per heavy atom. The van der Waals surface area contributed by atoms with Gasteiger partial charge in [-0.2, -0.15) is 0 Å². The minimum Gasteiger partial charge on any atom is -0.356 e. The summed E-state index contributed by atoms with van der Waals surface area (Å²) in [4.78, 5) is 27.7. The Bertz CT molecular complexity index is 823. The number of hydrogen-bond acceptors (Lipinski definition) is 3. The van der Waals surface area contributed by atoms with Gasteiger partial charge in [0.15, 0.2) is 0 Å². The third-order valence-electron chi connectivity index (χ3n) is 5.07. The van der Waals surface area contributed by atoms with Gasteiger partial charge >= 0.3 is 0 Å². The van der Waals surface area contributed by atoms with Crippen LogP contribution < -0.4 is 10.6 Å². The van der Waals surface area contributed by atoms with Crippen LogP contribution in [0.2, 0.25) is 0 Å². The van der Waals surface area contributed by atoms with Gasteiger partial charge in [-0.05, 0) is 69.9 Å². The fourth-order valence-electron chi connectivity index (χ4n) is 3.12. The van der Waals surface area contributed by atoms with Crippen molar-refractivity contribution in [2.75, 3.05) is 13.1 Å². The number of amides is 2. The van der Waals surface area contributed by atoms with E-state index in [9.17, 15) is 9.59 Å². The van der Waals surface area contributed by atoms with Crippen molar-refractivity contribution in [1.82, 2.24) is 15.6 Å². The first kappa shape index (κ1) is 29.8. The van der Waals surface area contributed by atoms with Crippen LogP contribution in [0.15, 0.2) is 85.3 Å². The highest BCUT2D eigenvalue weighted by Gasteiger charge is 2.04. The van der Waals surface area contributed by atoms with Gasteiger partial charge in [-0.1, -0.05) is 67.7 Å². The lowest BCUT2D eigenvalue weighted by Gasteiger charge is -2.06. The lowest BCUT2D eigenvalue weighted by atomic mass is 10.2. The molecule has 0 atom stereocenters. The molecule has 0 aromatic carbocycles. The zero-order chi connectivity index (χ0) is 25.2.